The van der Waals surface area contributed by atoms with Crippen LogP contribution in [0.25, 0.3) is 4.96 Å². The fraction of sp³-hybridized carbons (Fsp3) is 0.136. The number of aryl methyl sites for hydroxylation is 1. The van der Waals surface area contributed by atoms with E-state index in [-0.39, 0.29) is 29.0 Å². The van der Waals surface area contributed by atoms with Crippen molar-refractivity contribution in [2.45, 2.75) is 20.0 Å². The molecule has 162 valence electrons. The number of hydrogen-bond acceptors (Lipinski definition) is 7. The first-order valence-corrected chi connectivity index (χ1v) is 10.9. The highest BCUT2D eigenvalue weighted by Crippen LogP contribution is 2.21. The Labute approximate surface area is 191 Å². The van der Waals surface area contributed by atoms with Gasteiger partial charge < -0.3 is 10.1 Å². The lowest BCUT2D eigenvalue weighted by Gasteiger charge is -2.11. The normalized spacial score (nSPS) is 10.8. The summed E-state index contributed by atoms with van der Waals surface area (Å²) in [4.78, 5) is 42.3. The summed E-state index contributed by atoms with van der Waals surface area (Å²) in [6, 6.07) is 14.4. The summed E-state index contributed by atoms with van der Waals surface area (Å²) in [7, 11) is 0. The van der Waals surface area contributed by atoms with Gasteiger partial charge in [0.05, 0.1) is 27.5 Å². The zero-order valence-electron chi connectivity index (χ0n) is 16.9. The van der Waals surface area contributed by atoms with E-state index in [1.807, 2.05) is 6.92 Å². The Morgan fingerprint density at radius 3 is 2.59 bits per heavy atom. The minimum atomic E-state index is -0.666. The number of anilines is 1. The summed E-state index contributed by atoms with van der Waals surface area (Å²) >= 11 is 7.39. The average molecular weight is 469 g/mol. The fourth-order valence-electron chi connectivity index (χ4n) is 2.94. The molecule has 4 aromatic rings. The van der Waals surface area contributed by atoms with E-state index >= 15 is 0 Å². The Balaban J connectivity index is 1.51. The summed E-state index contributed by atoms with van der Waals surface area (Å²) in [5.41, 5.74) is 0.695. The maximum absolute atomic E-state index is 12.7. The fourth-order valence-corrected chi connectivity index (χ4v) is 4.01. The van der Waals surface area contributed by atoms with Crippen LogP contribution in [0.2, 0.25) is 5.02 Å². The molecule has 0 radical (unpaired) electrons. The van der Waals surface area contributed by atoms with Crippen LogP contribution in [0, 0.1) is 0 Å². The number of halogens is 1. The number of amides is 1. The molecule has 2 heterocycles. The van der Waals surface area contributed by atoms with Crippen molar-refractivity contribution in [2.75, 3.05) is 5.32 Å². The van der Waals surface area contributed by atoms with E-state index in [0.29, 0.717) is 22.1 Å². The van der Waals surface area contributed by atoms with Crippen LogP contribution in [0.3, 0.4) is 0 Å². The zero-order chi connectivity index (χ0) is 22.7. The third-order valence-electron chi connectivity index (χ3n) is 4.51. The third kappa shape index (κ3) is 4.53. The summed E-state index contributed by atoms with van der Waals surface area (Å²) in [6.07, 6.45) is 0.689. The topological polar surface area (TPSA) is 103 Å². The number of benzene rings is 2. The van der Waals surface area contributed by atoms with Gasteiger partial charge in [0.1, 0.15) is 11.6 Å². The van der Waals surface area contributed by atoms with E-state index in [9.17, 15) is 14.4 Å². The molecule has 0 atom stereocenters. The van der Waals surface area contributed by atoms with E-state index in [4.69, 9.17) is 16.3 Å². The van der Waals surface area contributed by atoms with Crippen molar-refractivity contribution in [3.8, 4) is 0 Å². The van der Waals surface area contributed by atoms with Gasteiger partial charge in [-0.15, -0.1) is 0 Å². The van der Waals surface area contributed by atoms with Crippen molar-refractivity contribution in [1.29, 1.82) is 0 Å². The third-order valence-corrected chi connectivity index (χ3v) is 5.89. The van der Waals surface area contributed by atoms with Crippen LogP contribution in [0.4, 0.5) is 5.69 Å². The number of fused-ring (bicyclic) bond motifs is 1. The molecule has 0 unspecified atom stereocenters. The Morgan fingerprint density at radius 1 is 1.12 bits per heavy atom. The van der Waals surface area contributed by atoms with Crippen LogP contribution in [0.5, 0.6) is 0 Å². The molecule has 0 fully saturated rings. The van der Waals surface area contributed by atoms with Crippen molar-refractivity contribution < 1.29 is 14.3 Å². The zero-order valence-corrected chi connectivity index (χ0v) is 18.4. The van der Waals surface area contributed by atoms with E-state index in [1.54, 1.807) is 42.5 Å². The quantitative estimate of drug-likeness (QED) is 0.429. The molecule has 0 aliphatic carbocycles. The molecular weight excluding hydrogens is 452 g/mol. The second-order valence-electron chi connectivity index (χ2n) is 6.69. The van der Waals surface area contributed by atoms with E-state index in [0.717, 1.165) is 5.01 Å². The molecule has 2 aromatic carbocycles. The highest BCUT2D eigenvalue weighted by atomic mass is 35.5. The molecule has 0 aliphatic heterocycles. The minimum absolute atomic E-state index is 0.164. The number of nitrogens with zero attached hydrogens (tertiary/aromatic N) is 3. The standard InChI is InChI=1S/C22H17ClN4O4S/c1-2-18-26-27-19(28)11-13(24-22(27)32-18)12-31-21(30)15-8-4-6-10-17(15)25-20(29)14-7-3-5-9-16(14)23/h3-11H,2,12H2,1H3,(H,25,29). The second-order valence-corrected chi connectivity index (χ2v) is 8.13. The number of carbonyl (C=O) groups excluding carboxylic acids is 2. The maximum atomic E-state index is 12.7. The summed E-state index contributed by atoms with van der Waals surface area (Å²) < 4.78 is 6.59. The van der Waals surface area contributed by atoms with Crippen molar-refractivity contribution in [1.82, 2.24) is 14.6 Å². The summed E-state index contributed by atoms with van der Waals surface area (Å²) in [5.74, 6) is -1.12. The Morgan fingerprint density at radius 2 is 1.84 bits per heavy atom. The van der Waals surface area contributed by atoms with Gasteiger partial charge in [-0.1, -0.05) is 54.1 Å². The van der Waals surface area contributed by atoms with Crippen LogP contribution in [-0.4, -0.2) is 26.5 Å². The Hall–Kier alpha value is -3.56. The molecule has 4 rings (SSSR count). The van der Waals surface area contributed by atoms with Crippen LogP contribution in [0.1, 0.15) is 38.3 Å². The Bertz CT molecular complexity index is 1380. The highest BCUT2D eigenvalue weighted by Gasteiger charge is 2.17. The van der Waals surface area contributed by atoms with Crippen LogP contribution in [0.15, 0.2) is 59.4 Å². The number of carbonyl (C=O) groups is 2. The monoisotopic (exact) mass is 468 g/mol. The van der Waals surface area contributed by atoms with Crippen molar-refractivity contribution >= 4 is 45.5 Å². The number of ether oxygens (including phenoxy) is 1. The maximum Gasteiger partial charge on any atom is 0.340 e. The molecule has 2 aromatic heterocycles. The molecule has 0 saturated carbocycles. The van der Waals surface area contributed by atoms with E-state index in [1.165, 1.54) is 28.0 Å². The lowest BCUT2D eigenvalue weighted by Crippen LogP contribution is -2.18. The summed E-state index contributed by atoms with van der Waals surface area (Å²) in [6.45, 7) is 1.74. The van der Waals surface area contributed by atoms with Gasteiger partial charge in [0.2, 0.25) is 4.96 Å². The highest BCUT2D eigenvalue weighted by molar-refractivity contribution is 7.16. The molecule has 0 saturated heterocycles. The SMILES string of the molecule is CCc1nn2c(=O)cc(COC(=O)c3ccccc3NC(=O)c3ccccc3Cl)nc2s1. The van der Waals surface area contributed by atoms with Crippen molar-refractivity contribution in [3.05, 3.63) is 91.8 Å². The van der Waals surface area contributed by atoms with Gasteiger partial charge in [0.15, 0.2) is 0 Å². The summed E-state index contributed by atoms with van der Waals surface area (Å²) in [5, 5.41) is 7.96. The van der Waals surface area contributed by atoms with Gasteiger partial charge in [-0.3, -0.25) is 9.59 Å². The number of rotatable bonds is 6. The first-order valence-electron chi connectivity index (χ1n) is 9.67. The van der Waals surface area contributed by atoms with Crippen molar-refractivity contribution in [2.24, 2.45) is 0 Å². The molecule has 0 aliphatic rings. The molecule has 0 bridgehead atoms. The number of nitrogens with one attached hydrogen (secondary N) is 1. The molecule has 32 heavy (non-hydrogen) atoms. The smallest absolute Gasteiger partial charge is 0.340 e. The van der Waals surface area contributed by atoms with Gasteiger partial charge in [-0.2, -0.15) is 9.61 Å². The number of esters is 1. The molecule has 1 N–H and O–H groups in total. The largest absolute Gasteiger partial charge is 0.456 e. The lowest BCUT2D eigenvalue weighted by atomic mass is 10.1. The van der Waals surface area contributed by atoms with Gasteiger partial charge in [-0.25, -0.2) is 9.78 Å². The van der Waals surface area contributed by atoms with Crippen LogP contribution >= 0.6 is 22.9 Å². The molecular formula is C22H17ClN4O4S. The Kier molecular flexibility index (Phi) is 6.29. The van der Waals surface area contributed by atoms with Crippen LogP contribution < -0.4 is 10.9 Å². The molecule has 8 nitrogen and oxygen atoms in total. The first kappa shape index (κ1) is 21.7. The predicted molar refractivity (Wildman–Crippen MR) is 121 cm³/mol. The van der Waals surface area contributed by atoms with Gasteiger partial charge >= 0.3 is 5.97 Å². The van der Waals surface area contributed by atoms with Gasteiger partial charge in [0, 0.05) is 6.07 Å². The average Bonchev–Trinajstić information content (AvgIpc) is 3.22. The predicted octanol–water partition coefficient (Wildman–Crippen LogP) is 3.98. The van der Waals surface area contributed by atoms with Gasteiger partial charge in [0.25, 0.3) is 11.5 Å². The second kappa shape index (κ2) is 9.29. The molecule has 1 amide bonds. The molecule has 10 heteroatoms. The number of para-hydroxylation sites is 1. The van der Waals surface area contributed by atoms with E-state index < -0.39 is 11.9 Å². The van der Waals surface area contributed by atoms with E-state index in [2.05, 4.69) is 15.4 Å². The van der Waals surface area contributed by atoms with Gasteiger partial charge in [-0.05, 0) is 30.7 Å². The first-order chi connectivity index (χ1) is 15.5. The van der Waals surface area contributed by atoms with Crippen molar-refractivity contribution in [3.63, 3.8) is 0 Å². The lowest BCUT2D eigenvalue weighted by molar-refractivity contribution is 0.0469. The minimum Gasteiger partial charge on any atom is -0.456 e. The number of aromatic nitrogens is 3. The molecule has 0 spiro atoms. The van der Waals surface area contributed by atoms with Crippen LogP contribution in [-0.2, 0) is 17.8 Å². The number of hydrogen-bond donors (Lipinski definition) is 1.